The van der Waals surface area contributed by atoms with Crippen molar-refractivity contribution in [3.63, 3.8) is 0 Å². The molecule has 3 aliphatic heterocycles. The number of rotatable bonds is 7. The van der Waals surface area contributed by atoms with Crippen LogP contribution in [0.25, 0.3) is 28.2 Å². The van der Waals surface area contributed by atoms with E-state index in [1.54, 1.807) is 31.2 Å². The zero-order valence-corrected chi connectivity index (χ0v) is 25.2. The summed E-state index contributed by atoms with van der Waals surface area (Å²) in [5.41, 5.74) is -0.752. The third-order valence-electron chi connectivity index (χ3n) is 8.60. The van der Waals surface area contributed by atoms with E-state index >= 15 is 0 Å². The predicted octanol–water partition coefficient (Wildman–Crippen LogP) is -0.296. The van der Waals surface area contributed by atoms with Crippen LogP contribution in [0, 0.1) is 0 Å². The van der Waals surface area contributed by atoms with Crippen LogP contribution in [-0.4, -0.2) is 121 Å². The van der Waals surface area contributed by atoms with E-state index in [1.807, 2.05) is 0 Å². The molecule has 0 amide bonds. The second kappa shape index (κ2) is 12.8. The Bertz CT molecular complexity index is 1690. The van der Waals surface area contributed by atoms with Crippen molar-refractivity contribution < 1.29 is 69.0 Å². The molecular formula is C32H36O15. The Morgan fingerprint density at radius 1 is 0.851 bits per heavy atom. The molecular weight excluding hydrogens is 624 g/mol. The van der Waals surface area contributed by atoms with Crippen LogP contribution in [0.1, 0.15) is 19.4 Å². The number of ether oxygens (including phenoxy) is 5. The Morgan fingerprint density at radius 2 is 1.51 bits per heavy atom. The van der Waals surface area contributed by atoms with Crippen LogP contribution in [-0.2, 0) is 18.9 Å². The van der Waals surface area contributed by atoms with Gasteiger partial charge in [-0.15, -0.1) is 0 Å². The summed E-state index contributed by atoms with van der Waals surface area (Å²) in [7, 11) is 0. The molecule has 1 unspecified atom stereocenters. The van der Waals surface area contributed by atoms with Crippen molar-refractivity contribution in [3.8, 4) is 28.4 Å². The summed E-state index contributed by atoms with van der Waals surface area (Å²) in [6.07, 6.45) is -10.1. The number of phenolic OH excluding ortho intramolecular Hbond substituents is 2. The van der Waals surface area contributed by atoms with Gasteiger partial charge in [0.1, 0.15) is 82.8 Å². The maximum atomic E-state index is 13.3. The van der Waals surface area contributed by atoms with Crippen molar-refractivity contribution in [2.24, 2.45) is 0 Å². The van der Waals surface area contributed by atoms with Gasteiger partial charge in [-0.3, -0.25) is 4.79 Å². The first-order chi connectivity index (χ1) is 22.3. The quantitative estimate of drug-likeness (QED) is 0.162. The molecule has 0 radical (unpaired) electrons. The highest BCUT2D eigenvalue weighted by atomic mass is 16.7. The smallest absolute Gasteiger partial charge is 0.204 e. The van der Waals surface area contributed by atoms with Crippen LogP contribution in [0.15, 0.2) is 51.9 Å². The molecule has 8 N–H and O–H groups in total. The van der Waals surface area contributed by atoms with E-state index in [0.717, 1.165) is 0 Å². The molecule has 6 rings (SSSR count). The minimum Gasteiger partial charge on any atom is -0.508 e. The molecule has 0 aliphatic carbocycles. The standard InChI is InChI=1S/C32H36O15/c1-13-22(34)26(38)28(40)30(45-13)43-11-20-25(37)27(39)29(41)31(46-20)44-12-32(2)8-7-16-18(47-32)9-19-21(23(16)35)24(36)17(10-42-19)14-3-5-15(33)6-4-14/h3-10,13,20,22,25-31,33-35,37-41H,11-12H2,1-2H3/t13-,20+,22-,25+,26+,27-,28+,29+,30+,31+,32?/m0/s1. The highest BCUT2D eigenvalue weighted by molar-refractivity contribution is 5.93. The molecule has 2 aromatic carbocycles. The number of benzene rings is 2. The number of aliphatic hydroxyl groups excluding tert-OH is 6. The van der Waals surface area contributed by atoms with Crippen molar-refractivity contribution in [1.82, 2.24) is 0 Å². The van der Waals surface area contributed by atoms with E-state index in [-0.39, 0.29) is 46.0 Å². The van der Waals surface area contributed by atoms with Crippen molar-refractivity contribution in [2.75, 3.05) is 13.2 Å². The Balaban J connectivity index is 1.15. The first-order valence-electron chi connectivity index (χ1n) is 14.9. The van der Waals surface area contributed by atoms with Crippen LogP contribution < -0.4 is 10.2 Å². The summed E-state index contributed by atoms with van der Waals surface area (Å²) in [5.74, 6) is -0.162. The fraction of sp³-hybridized carbons (Fsp3) is 0.469. The molecule has 0 saturated carbocycles. The van der Waals surface area contributed by atoms with Gasteiger partial charge in [0.2, 0.25) is 5.43 Å². The summed E-state index contributed by atoms with van der Waals surface area (Å²) in [4.78, 5) is 13.3. The second-order valence-corrected chi connectivity index (χ2v) is 12.1. The number of aromatic hydroxyl groups is 2. The summed E-state index contributed by atoms with van der Waals surface area (Å²) < 4.78 is 34.2. The van der Waals surface area contributed by atoms with Gasteiger partial charge in [-0.2, -0.15) is 0 Å². The first-order valence-corrected chi connectivity index (χ1v) is 14.9. The molecule has 3 aliphatic rings. The fourth-order valence-electron chi connectivity index (χ4n) is 5.75. The highest BCUT2D eigenvalue weighted by Crippen LogP contribution is 2.41. The SMILES string of the molecule is C[C@@H]1O[C@@H](OC[C@H]2O[C@@H](OCC3(C)C=Cc4c(cc5occ(-c6ccc(O)cc6)c(=O)c5c4O)O3)[C@H](O)[C@@H](O)[C@@H]2O)[C@H](O)[C@H](O)[C@H]1O. The van der Waals surface area contributed by atoms with E-state index in [9.17, 15) is 45.6 Å². The van der Waals surface area contributed by atoms with Crippen molar-refractivity contribution in [1.29, 1.82) is 0 Å². The molecule has 47 heavy (non-hydrogen) atoms. The zero-order valence-electron chi connectivity index (χ0n) is 25.2. The van der Waals surface area contributed by atoms with Gasteiger partial charge in [0.05, 0.1) is 30.4 Å². The molecule has 11 atom stereocenters. The zero-order chi connectivity index (χ0) is 33.8. The van der Waals surface area contributed by atoms with E-state index in [1.165, 1.54) is 31.4 Å². The number of aliphatic hydroxyl groups is 6. The maximum absolute atomic E-state index is 13.3. The van der Waals surface area contributed by atoms with Crippen molar-refractivity contribution in [3.05, 3.63) is 58.5 Å². The van der Waals surface area contributed by atoms with E-state index in [0.29, 0.717) is 5.56 Å². The van der Waals surface area contributed by atoms with Crippen LogP contribution in [0.4, 0.5) is 0 Å². The average Bonchev–Trinajstić information content (AvgIpc) is 3.04. The lowest BCUT2D eigenvalue weighted by molar-refractivity contribution is -0.330. The number of hydrogen-bond donors (Lipinski definition) is 8. The Hall–Kier alpha value is -3.61. The van der Waals surface area contributed by atoms with Gasteiger partial charge >= 0.3 is 0 Å². The molecule has 0 spiro atoms. The molecule has 0 bridgehead atoms. The van der Waals surface area contributed by atoms with Gasteiger partial charge in [0, 0.05) is 6.07 Å². The number of fused-ring (bicyclic) bond motifs is 2. The Morgan fingerprint density at radius 3 is 2.21 bits per heavy atom. The fourth-order valence-corrected chi connectivity index (χ4v) is 5.75. The molecule has 4 heterocycles. The maximum Gasteiger partial charge on any atom is 0.204 e. The van der Waals surface area contributed by atoms with Crippen LogP contribution in [0.2, 0.25) is 0 Å². The summed E-state index contributed by atoms with van der Waals surface area (Å²) in [6.45, 7) is 2.41. The lowest BCUT2D eigenvalue weighted by Gasteiger charge is -2.43. The minimum absolute atomic E-state index is 0.0289. The van der Waals surface area contributed by atoms with Crippen LogP contribution >= 0.6 is 0 Å². The Labute approximate surface area is 267 Å². The molecule has 3 aromatic rings. The van der Waals surface area contributed by atoms with Crippen LogP contribution in [0.5, 0.6) is 17.2 Å². The van der Waals surface area contributed by atoms with Gasteiger partial charge in [0.15, 0.2) is 12.6 Å². The third-order valence-corrected chi connectivity index (χ3v) is 8.60. The van der Waals surface area contributed by atoms with Crippen LogP contribution in [0.3, 0.4) is 0 Å². The monoisotopic (exact) mass is 660 g/mol. The van der Waals surface area contributed by atoms with Gasteiger partial charge in [-0.25, -0.2) is 0 Å². The third kappa shape index (κ3) is 6.23. The minimum atomic E-state index is -1.71. The summed E-state index contributed by atoms with van der Waals surface area (Å²) >= 11 is 0. The predicted molar refractivity (Wildman–Crippen MR) is 160 cm³/mol. The van der Waals surface area contributed by atoms with Gasteiger partial charge in [-0.05, 0) is 43.7 Å². The lowest BCUT2D eigenvalue weighted by Crippen LogP contribution is -2.61. The van der Waals surface area contributed by atoms with Crippen molar-refractivity contribution in [2.45, 2.75) is 80.9 Å². The number of phenols is 2. The van der Waals surface area contributed by atoms with E-state index in [2.05, 4.69) is 0 Å². The van der Waals surface area contributed by atoms with Gasteiger partial charge < -0.3 is 69.0 Å². The van der Waals surface area contributed by atoms with Crippen molar-refractivity contribution >= 4 is 17.0 Å². The average molecular weight is 661 g/mol. The van der Waals surface area contributed by atoms with Gasteiger partial charge in [0.25, 0.3) is 0 Å². The summed E-state index contributed by atoms with van der Waals surface area (Å²) in [5, 5.41) is 82.3. The molecule has 2 fully saturated rings. The molecule has 254 valence electrons. The molecule has 15 heteroatoms. The highest BCUT2D eigenvalue weighted by Gasteiger charge is 2.47. The number of hydrogen-bond acceptors (Lipinski definition) is 15. The van der Waals surface area contributed by atoms with E-state index < -0.39 is 79.0 Å². The summed E-state index contributed by atoms with van der Waals surface area (Å²) in [6, 6.07) is 7.40. The largest absolute Gasteiger partial charge is 0.508 e. The van der Waals surface area contributed by atoms with Gasteiger partial charge in [-0.1, -0.05) is 12.1 Å². The Kier molecular flexibility index (Phi) is 9.05. The topological polar surface area (TPSA) is 238 Å². The molecule has 1 aromatic heterocycles. The molecule has 2 saturated heterocycles. The normalized spacial score (nSPS) is 35.4. The first kappa shape index (κ1) is 33.3. The molecule has 15 nitrogen and oxygen atoms in total. The van der Waals surface area contributed by atoms with E-state index in [4.69, 9.17) is 28.1 Å². The second-order valence-electron chi connectivity index (χ2n) is 12.1. The lowest BCUT2D eigenvalue weighted by atomic mass is 9.97.